The summed E-state index contributed by atoms with van der Waals surface area (Å²) >= 11 is 0. The summed E-state index contributed by atoms with van der Waals surface area (Å²) in [5.41, 5.74) is -0.759. The van der Waals surface area contributed by atoms with Crippen molar-refractivity contribution < 1.29 is 14.7 Å². The third kappa shape index (κ3) is 2.48. The van der Waals surface area contributed by atoms with Crippen molar-refractivity contribution in [2.75, 3.05) is 12.4 Å². The number of nitrogens with one attached hydrogen (secondary N) is 1. The molecule has 1 aromatic carbocycles. The zero-order chi connectivity index (χ0) is 18.6. The van der Waals surface area contributed by atoms with E-state index in [-0.39, 0.29) is 0 Å². The Labute approximate surface area is 149 Å². The van der Waals surface area contributed by atoms with Crippen molar-refractivity contribution in [2.24, 2.45) is 16.2 Å². The van der Waals surface area contributed by atoms with E-state index in [9.17, 15) is 14.7 Å². The van der Waals surface area contributed by atoms with E-state index in [1.54, 1.807) is 0 Å². The maximum Gasteiger partial charge on any atom is 0.320 e. The maximum absolute atomic E-state index is 12.8. The van der Waals surface area contributed by atoms with E-state index in [1.807, 2.05) is 52.0 Å². The van der Waals surface area contributed by atoms with Crippen molar-refractivity contribution in [3.8, 4) is 0 Å². The molecule has 0 bridgehead atoms. The molecule has 2 N–H and O–H groups in total. The zero-order valence-corrected chi connectivity index (χ0v) is 15.7. The Morgan fingerprint density at radius 1 is 1.12 bits per heavy atom. The molecule has 1 amide bonds. The minimum absolute atomic E-state index is 0.433. The second-order valence-corrected chi connectivity index (χ2v) is 8.60. The lowest BCUT2D eigenvalue weighted by molar-refractivity contribution is -0.150. The lowest BCUT2D eigenvalue weighted by Crippen LogP contribution is -2.37. The van der Waals surface area contributed by atoms with Crippen LogP contribution in [0.1, 0.15) is 46.1 Å². The van der Waals surface area contributed by atoms with Crippen LogP contribution >= 0.6 is 0 Å². The van der Waals surface area contributed by atoms with Gasteiger partial charge in [-0.15, -0.1) is 0 Å². The van der Waals surface area contributed by atoms with E-state index in [2.05, 4.69) is 17.3 Å². The van der Waals surface area contributed by atoms with Gasteiger partial charge >= 0.3 is 5.97 Å². The summed E-state index contributed by atoms with van der Waals surface area (Å²) in [7, 11) is 2.13. The van der Waals surface area contributed by atoms with Crippen LogP contribution in [0.25, 0.3) is 0 Å². The number of carboxylic acid groups (broad SMARTS) is 1. The third-order valence-electron chi connectivity index (χ3n) is 6.85. The standard InChI is InChI=1S/C20H28N2O3/c1-18(2)19(3,4)20(18,17(24)25)16(23)21-14-8-6-13(7-9-14)12-22(5)15-10-11-15/h6-9,15H,10-12H2,1-5H3,(H,21,23)(H,24,25). The van der Waals surface area contributed by atoms with Crippen LogP contribution in [0.4, 0.5) is 5.69 Å². The fraction of sp³-hybridized carbons (Fsp3) is 0.600. The Morgan fingerprint density at radius 2 is 1.64 bits per heavy atom. The molecule has 2 saturated carbocycles. The van der Waals surface area contributed by atoms with Crippen LogP contribution in [0.15, 0.2) is 24.3 Å². The highest BCUT2D eigenvalue weighted by Crippen LogP contribution is 2.78. The van der Waals surface area contributed by atoms with Crippen LogP contribution in [0.5, 0.6) is 0 Å². The number of nitrogens with zero attached hydrogens (tertiary/aromatic N) is 1. The molecule has 3 rings (SSSR count). The quantitative estimate of drug-likeness (QED) is 0.777. The average Bonchev–Trinajstić information content (AvgIpc) is 3.38. The van der Waals surface area contributed by atoms with Gasteiger partial charge in [-0.1, -0.05) is 39.8 Å². The van der Waals surface area contributed by atoms with Crippen LogP contribution in [0, 0.1) is 16.2 Å². The Bertz CT molecular complexity index is 688. The first-order chi connectivity index (χ1) is 11.6. The molecular formula is C20H28N2O3. The van der Waals surface area contributed by atoms with Crippen LogP contribution in [0.2, 0.25) is 0 Å². The molecule has 136 valence electrons. The first-order valence-corrected chi connectivity index (χ1v) is 8.89. The molecule has 1 aromatic rings. The molecular weight excluding hydrogens is 316 g/mol. The van der Waals surface area contributed by atoms with Crippen molar-refractivity contribution in [3.63, 3.8) is 0 Å². The van der Waals surface area contributed by atoms with Crippen LogP contribution in [-0.2, 0) is 16.1 Å². The molecule has 0 aromatic heterocycles. The first kappa shape index (κ1) is 17.9. The Kier molecular flexibility index (Phi) is 3.99. The minimum Gasteiger partial charge on any atom is -0.480 e. The van der Waals surface area contributed by atoms with Gasteiger partial charge in [0.1, 0.15) is 0 Å². The van der Waals surface area contributed by atoms with Crippen molar-refractivity contribution >= 4 is 17.6 Å². The number of anilines is 1. The first-order valence-electron chi connectivity index (χ1n) is 8.89. The van der Waals surface area contributed by atoms with E-state index in [4.69, 9.17) is 0 Å². The number of aliphatic carboxylic acids is 1. The lowest BCUT2D eigenvalue weighted by Gasteiger charge is -2.18. The number of rotatable bonds is 6. The second-order valence-electron chi connectivity index (χ2n) is 8.60. The third-order valence-corrected chi connectivity index (χ3v) is 6.85. The van der Waals surface area contributed by atoms with Crippen molar-refractivity contribution in [2.45, 2.75) is 53.1 Å². The molecule has 0 aliphatic heterocycles. The smallest absolute Gasteiger partial charge is 0.320 e. The number of benzene rings is 1. The number of hydrogen-bond acceptors (Lipinski definition) is 3. The highest BCUT2D eigenvalue weighted by Gasteiger charge is 2.85. The van der Waals surface area contributed by atoms with Gasteiger partial charge in [-0.05, 0) is 48.4 Å². The summed E-state index contributed by atoms with van der Waals surface area (Å²) in [5, 5.41) is 12.6. The van der Waals surface area contributed by atoms with Gasteiger partial charge in [0.05, 0.1) is 0 Å². The Morgan fingerprint density at radius 3 is 2.04 bits per heavy atom. The summed E-state index contributed by atoms with van der Waals surface area (Å²) in [6.07, 6.45) is 2.54. The van der Waals surface area contributed by atoms with Crippen LogP contribution < -0.4 is 5.32 Å². The molecule has 25 heavy (non-hydrogen) atoms. The highest BCUT2D eigenvalue weighted by molar-refractivity contribution is 6.13. The van der Waals surface area contributed by atoms with Crippen molar-refractivity contribution in [1.82, 2.24) is 4.90 Å². The molecule has 0 atom stereocenters. The molecule has 5 nitrogen and oxygen atoms in total. The minimum atomic E-state index is -1.40. The monoisotopic (exact) mass is 344 g/mol. The molecule has 5 heteroatoms. The summed E-state index contributed by atoms with van der Waals surface area (Å²) in [6, 6.07) is 8.39. The average molecular weight is 344 g/mol. The van der Waals surface area contributed by atoms with Gasteiger partial charge in [-0.3, -0.25) is 14.5 Å². The van der Waals surface area contributed by atoms with Gasteiger partial charge < -0.3 is 10.4 Å². The number of carbonyl (C=O) groups is 2. The molecule has 0 spiro atoms. The zero-order valence-electron chi connectivity index (χ0n) is 15.7. The molecule has 0 unspecified atom stereocenters. The maximum atomic E-state index is 12.8. The predicted octanol–water partition coefficient (Wildman–Crippen LogP) is 3.36. The largest absolute Gasteiger partial charge is 0.480 e. The van der Waals surface area contributed by atoms with E-state index in [0.29, 0.717) is 11.7 Å². The normalized spacial score (nSPS) is 22.5. The summed E-state index contributed by atoms with van der Waals surface area (Å²) < 4.78 is 0. The number of hydrogen-bond donors (Lipinski definition) is 2. The van der Waals surface area contributed by atoms with Gasteiger partial charge in [0.25, 0.3) is 0 Å². The van der Waals surface area contributed by atoms with Gasteiger partial charge in [0.2, 0.25) is 5.91 Å². The van der Waals surface area contributed by atoms with E-state index in [0.717, 1.165) is 6.54 Å². The second kappa shape index (κ2) is 5.56. The SMILES string of the molecule is CN(Cc1ccc(NC(=O)C2(C(=O)O)C(C)(C)C2(C)C)cc1)C1CC1. The van der Waals surface area contributed by atoms with Gasteiger partial charge in [-0.25, -0.2) is 0 Å². The van der Waals surface area contributed by atoms with Gasteiger partial charge in [0.15, 0.2) is 5.41 Å². The van der Waals surface area contributed by atoms with Crippen molar-refractivity contribution in [1.29, 1.82) is 0 Å². The number of carboxylic acids is 1. The Balaban J connectivity index is 1.71. The number of amides is 1. The molecule has 0 radical (unpaired) electrons. The topological polar surface area (TPSA) is 69.6 Å². The molecule has 0 saturated heterocycles. The fourth-order valence-corrected chi connectivity index (χ4v) is 4.36. The molecule has 0 heterocycles. The van der Waals surface area contributed by atoms with Gasteiger partial charge in [0, 0.05) is 18.3 Å². The van der Waals surface area contributed by atoms with Crippen LogP contribution in [-0.4, -0.2) is 35.0 Å². The fourth-order valence-electron chi connectivity index (χ4n) is 4.36. The van der Waals surface area contributed by atoms with Crippen LogP contribution in [0.3, 0.4) is 0 Å². The highest BCUT2D eigenvalue weighted by atomic mass is 16.4. The molecule has 2 fully saturated rings. The predicted molar refractivity (Wildman–Crippen MR) is 97.2 cm³/mol. The van der Waals surface area contributed by atoms with Gasteiger partial charge in [-0.2, -0.15) is 0 Å². The summed E-state index contributed by atoms with van der Waals surface area (Å²) in [5.74, 6) is -1.49. The number of carbonyl (C=O) groups excluding carboxylic acids is 1. The van der Waals surface area contributed by atoms with Crippen molar-refractivity contribution in [3.05, 3.63) is 29.8 Å². The summed E-state index contributed by atoms with van der Waals surface area (Å²) in [6.45, 7) is 8.27. The van der Waals surface area contributed by atoms with E-state index in [1.165, 1.54) is 18.4 Å². The summed E-state index contributed by atoms with van der Waals surface area (Å²) in [4.78, 5) is 27.1. The van der Waals surface area contributed by atoms with E-state index >= 15 is 0 Å². The molecule has 2 aliphatic carbocycles. The molecule has 2 aliphatic rings. The Hall–Kier alpha value is -1.88. The van der Waals surface area contributed by atoms with E-state index < -0.39 is 28.1 Å². The lowest BCUT2D eigenvalue weighted by atomic mass is 9.93.